The van der Waals surface area contributed by atoms with Crippen molar-refractivity contribution < 1.29 is 17.9 Å². The van der Waals surface area contributed by atoms with Gasteiger partial charge >= 0.3 is 0 Å². The Morgan fingerprint density at radius 1 is 1.12 bits per heavy atom. The second-order valence-corrected chi connectivity index (χ2v) is 7.72. The summed E-state index contributed by atoms with van der Waals surface area (Å²) in [6, 6.07) is 14.4. The fraction of sp³-hybridized carbons (Fsp3) is 0.316. The van der Waals surface area contributed by atoms with Crippen LogP contribution in [0.4, 0.5) is 11.4 Å². The van der Waals surface area contributed by atoms with Crippen LogP contribution >= 0.6 is 0 Å². The summed E-state index contributed by atoms with van der Waals surface area (Å²) >= 11 is 0. The molecule has 0 atom stereocenters. The maximum Gasteiger partial charge on any atom is 0.232 e. The quantitative estimate of drug-likeness (QED) is 0.768. The molecule has 26 heavy (non-hydrogen) atoms. The standard InChI is InChI=1S/C19H24N2O4S/c1-4-15-9-5-7-11-17(15)21(26(3,23)24)14-13-19(22)20-16-10-6-8-12-18(16)25-2/h5-12H,4,13-14H2,1-3H3,(H,20,22). The van der Waals surface area contributed by atoms with Gasteiger partial charge in [-0.25, -0.2) is 8.42 Å². The van der Waals surface area contributed by atoms with Gasteiger partial charge in [0, 0.05) is 13.0 Å². The molecule has 6 nitrogen and oxygen atoms in total. The van der Waals surface area contributed by atoms with Crippen molar-refractivity contribution in [1.29, 1.82) is 0 Å². The van der Waals surface area contributed by atoms with Gasteiger partial charge in [0.2, 0.25) is 15.9 Å². The van der Waals surface area contributed by atoms with Gasteiger partial charge in [-0.15, -0.1) is 0 Å². The molecule has 0 radical (unpaired) electrons. The largest absolute Gasteiger partial charge is 0.495 e. The first-order valence-corrected chi connectivity index (χ1v) is 10.2. The number of nitrogens with zero attached hydrogens (tertiary/aromatic N) is 1. The van der Waals surface area contributed by atoms with E-state index in [1.165, 1.54) is 11.4 Å². The number of sulfonamides is 1. The molecule has 0 fully saturated rings. The minimum atomic E-state index is -3.50. The Bertz CT molecular complexity index is 865. The van der Waals surface area contributed by atoms with Crippen LogP contribution in [-0.4, -0.2) is 34.2 Å². The lowest BCUT2D eigenvalue weighted by Crippen LogP contribution is -2.33. The molecule has 0 heterocycles. The molecule has 0 aliphatic heterocycles. The number of hydrogen-bond acceptors (Lipinski definition) is 4. The molecule has 1 N–H and O–H groups in total. The molecule has 0 aliphatic rings. The number of nitrogens with one attached hydrogen (secondary N) is 1. The average Bonchev–Trinajstić information content (AvgIpc) is 2.61. The number of anilines is 2. The van der Waals surface area contributed by atoms with Gasteiger partial charge in [-0.05, 0) is 30.2 Å². The summed E-state index contributed by atoms with van der Waals surface area (Å²) in [6.07, 6.45) is 1.89. The summed E-state index contributed by atoms with van der Waals surface area (Å²) in [6.45, 7) is 2.03. The monoisotopic (exact) mass is 376 g/mol. The number of benzene rings is 2. The molecule has 140 valence electrons. The Morgan fingerprint density at radius 3 is 2.42 bits per heavy atom. The third-order valence-corrected chi connectivity index (χ3v) is 5.14. The lowest BCUT2D eigenvalue weighted by atomic mass is 10.1. The molecule has 2 rings (SSSR count). The van der Waals surface area contributed by atoms with Crippen LogP contribution < -0.4 is 14.4 Å². The van der Waals surface area contributed by atoms with Crippen molar-refractivity contribution in [2.24, 2.45) is 0 Å². The lowest BCUT2D eigenvalue weighted by Gasteiger charge is -2.24. The van der Waals surface area contributed by atoms with E-state index in [0.717, 1.165) is 11.8 Å². The van der Waals surface area contributed by atoms with Crippen molar-refractivity contribution in [3.63, 3.8) is 0 Å². The molecule has 0 unspecified atom stereocenters. The molecular weight excluding hydrogens is 352 g/mol. The van der Waals surface area contributed by atoms with Crippen molar-refractivity contribution in [3.8, 4) is 5.75 Å². The number of para-hydroxylation sites is 3. The molecule has 2 aromatic rings. The van der Waals surface area contributed by atoms with Crippen molar-refractivity contribution in [3.05, 3.63) is 54.1 Å². The summed E-state index contributed by atoms with van der Waals surface area (Å²) in [7, 11) is -1.98. The van der Waals surface area contributed by atoms with E-state index in [1.54, 1.807) is 30.3 Å². The first kappa shape index (κ1) is 19.8. The van der Waals surface area contributed by atoms with Crippen LogP contribution in [0.5, 0.6) is 5.75 Å². The highest BCUT2D eigenvalue weighted by Crippen LogP contribution is 2.25. The van der Waals surface area contributed by atoms with Crippen LogP contribution in [0.2, 0.25) is 0 Å². The van der Waals surface area contributed by atoms with Gasteiger partial charge in [-0.2, -0.15) is 0 Å². The Balaban J connectivity index is 2.14. The maximum absolute atomic E-state index is 12.3. The van der Waals surface area contributed by atoms with E-state index in [9.17, 15) is 13.2 Å². The number of rotatable bonds is 8. The summed E-state index contributed by atoms with van der Waals surface area (Å²) in [4.78, 5) is 12.3. The molecule has 7 heteroatoms. The number of carbonyl (C=O) groups is 1. The number of aryl methyl sites for hydroxylation is 1. The van der Waals surface area contributed by atoms with Gasteiger partial charge in [-0.3, -0.25) is 9.10 Å². The number of amides is 1. The SMILES string of the molecule is CCc1ccccc1N(CCC(=O)Nc1ccccc1OC)S(C)(=O)=O. The normalized spacial score (nSPS) is 11.0. The van der Waals surface area contributed by atoms with E-state index >= 15 is 0 Å². The predicted octanol–water partition coefficient (Wildman–Crippen LogP) is 3.05. The van der Waals surface area contributed by atoms with Crippen molar-refractivity contribution in [2.75, 3.05) is 29.5 Å². The lowest BCUT2D eigenvalue weighted by molar-refractivity contribution is -0.116. The van der Waals surface area contributed by atoms with Gasteiger partial charge in [-0.1, -0.05) is 37.3 Å². The fourth-order valence-corrected chi connectivity index (χ4v) is 3.64. The highest BCUT2D eigenvalue weighted by atomic mass is 32.2. The van der Waals surface area contributed by atoms with Gasteiger partial charge < -0.3 is 10.1 Å². The summed E-state index contributed by atoms with van der Waals surface area (Å²) in [5.41, 5.74) is 2.09. The third kappa shape index (κ3) is 4.98. The van der Waals surface area contributed by atoms with Gasteiger partial charge in [0.1, 0.15) is 5.75 Å². The zero-order valence-electron chi connectivity index (χ0n) is 15.2. The van der Waals surface area contributed by atoms with Crippen LogP contribution in [0.25, 0.3) is 0 Å². The Hall–Kier alpha value is -2.54. The molecule has 1 amide bonds. The molecule has 0 aromatic heterocycles. The van der Waals surface area contributed by atoms with Crippen LogP contribution in [0.1, 0.15) is 18.9 Å². The van der Waals surface area contributed by atoms with Crippen LogP contribution in [0.15, 0.2) is 48.5 Å². The van der Waals surface area contributed by atoms with Crippen LogP contribution in [0.3, 0.4) is 0 Å². The average molecular weight is 376 g/mol. The first-order valence-electron chi connectivity index (χ1n) is 8.35. The Labute approximate surface area is 154 Å². The van der Waals surface area contributed by atoms with E-state index in [4.69, 9.17) is 4.74 Å². The van der Waals surface area contributed by atoms with Crippen molar-refractivity contribution in [2.45, 2.75) is 19.8 Å². The summed E-state index contributed by atoms with van der Waals surface area (Å²) < 4.78 is 31.0. The van der Waals surface area contributed by atoms with E-state index in [0.29, 0.717) is 23.5 Å². The zero-order valence-corrected chi connectivity index (χ0v) is 16.0. The molecule has 0 bridgehead atoms. The van der Waals surface area contributed by atoms with Gasteiger partial charge in [0.25, 0.3) is 0 Å². The minimum Gasteiger partial charge on any atom is -0.495 e. The molecule has 0 spiro atoms. The summed E-state index contributed by atoms with van der Waals surface area (Å²) in [5.74, 6) is 0.272. The molecule has 0 saturated carbocycles. The highest BCUT2D eigenvalue weighted by molar-refractivity contribution is 7.92. The highest BCUT2D eigenvalue weighted by Gasteiger charge is 2.21. The number of ether oxygens (including phenoxy) is 1. The Kier molecular flexibility index (Phi) is 6.63. The van der Waals surface area contributed by atoms with Gasteiger partial charge in [0.15, 0.2) is 0 Å². The third-order valence-electron chi connectivity index (χ3n) is 3.96. The van der Waals surface area contributed by atoms with E-state index in [1.807, 2.05) is 25.1 Å². The van der Waals surface area contributed by atoms with Crippen molar-refractivity contribution in [1.82, 2.24) is 0 Å². The van der Waals surface area contributed by atoms with E-state index in [-0.39, 0.29) is 18.9 Å². The van der Waals surface area contributed by atoms with Crippen molar-refractivity contribution >= 4 is 27.3 Å². The number of carbonyl (C=O) groups excluding carboxylic acids is 1. The van der Waals surface area contributed by atoms with Crippen LogP contribution in [-0.2, 0) is 21.2 Å². The first-order chi connectivity index (χ1) is 12.4. The summed E-state index contributed by atoms with van der Waals surface area (Å²) in [5, 5.41) is 2.76. The smallest absolute Gasteiger partial charge is 0.232 e. The molecular formula is C19H24N2O4S. The van der Waals surface area contributed by atoms with Gasteiger partial charge in [0.05, 0.1) is 24.7 Å². The predicted molar refractivity (Wildman–Crippen MR) is 104 cm³/mol. The molecule has 0 saturated heterocycles. The number of methoxy groups -OCH3 is 1. The number of hydrogen-bond donors (Lipinski definition) is 1. The fourth-order valence-electron chi connectivity index (χ4n) is 2.68. The second-order valence-electron chi connectivity index (χ2n) is 5.82. The maximum atomic E-state index is 12.3. The topological polar surface area (TPSA) is 75.7 Å². The molecule has 2 aromatic carbocycles. The minimum absolute atomic E-state index is 0.0309. The Morgan fingerprint density at radius 2 is 1.77 bits per heavy atom. The zero-order chi connectivity index (χ0) is 19.2. The van der Waals surface area contributed by atoms with E-state index < -0.39 is 10.0 Å². The second kappa shape index (κ2) is 8.71. The van der Waals surface area contributed by atoms with E-state index in [2.05, 4.69) is 5.32 Å². The van der Waals surface area contributed by atoms with Crippen LogP contribution in [0, 0.1) is 0 Å². The molecule has 0 aliphatic carbocycles.